The zero-order chi connectivity index (χ0) is 12.3. The van der Waals surface area contributed by atoms with E-state index in [1.54, 1.807) is 11.3 Å². The van der Waals surface area contributed by atoms with Crippen LogP contribution in [0.5, 0.6) is 0 Å². The normalized spacial score (nSPS) is 11.2. The van der Waals surface area contributed by atoms with Crippen molar-refractivity contribution < 1.29 is 0 Å². The molecular formula is C14H19NOS. The first kappa shape index (κ1) is 12.4. The van der Waals surface area contributed by atoms with Gasteiger partial charge in [-0.25, -0.2) is 0 Å². The maximum absolute atomic E-state index is 12.2. The van der Waals surface area contributed by atoms with Crippen molar-refractivity contribution >= 4 is 21.4 Å². The highest BCUT2D eigenvalue weighted by Gasteiger charge is 2.08. The Morgan fingerprint density at radius 1 is 1.29 bits per heavy atom. The number of unbranched alkanes of at least 4 members (excludes halogenated alkanes) is 2. The molecule has 17 heavy (non-hydrogen) atoms. The Kier molecular flexibility index (Phi) is 4.00. The third-order valence-electron chi connectivity index (χ3n) is 3.16. The molecule has 2 aromatic rings. The Morgan fingerprint density at radius 2 is 2.12 bits per heavy atom. The van der Waals surface area contributed by atoms with Gasteiger partial charge in [-0.1, -0.05) is 26.7 Å². The predicted octanol–water partition coefficient (Wildman–Crippen LogP) is 3.82. The van der Waals surface area contributed by atoms with Gasteiger partial charge in [-0.3, -0.25) is 4.79 Å². The van der Waals surface area contributed by atoms with Crippen molar-refractivity contribution in [2.75, 3.05) is 0 Å². The van der Waals surface area contributed by atoms with Crippen molar-refractivity contribution in [2.45, 2.75) is 46.1 Å². The van der Waals surface area contributed by atoms with Crippen molar-refractivity contribution in [3.63, 3.8) is 0 Å². The van der Waals surface area contributed by atoms with Crippen LogP contribution in [0.4, 0.5) is 0 Å². The van der Waals surface area contributed by atoms with Crippen LogP contribution < -0.4 is 5.56 Å². The number of thiophene rings is 1. The number of pyridine rings is 1. The summed E-state index contributed by atoms with van der Waals surface area (Å²) in [7, 11) is 0. The van der Waals surface area contributed by atoms with Gasteiger partial charge in [0.05, 0.1) is 4.70 Å². The van der Waals surface area contributed by atoms with Gasteiger partial charge in [-0.05, 0) is 29.9 Å². The van der Waals surface area contributed by atoms with Gasteiger partial charge >= 0.3 is 0 Å². The number of aromatic nitrogens is 1. The fraction of sp³-hybridized carbons (Fsp3) is 0.500. The van der Waals surface area contributed by atoms with E-state index in [0.29, 0.717) is 0 Å². The molecule has 0 radical (unpaired) electrons. The summed E-state index contributed by atoms with van der Waals surface area (Å²) >= 11 is 1.56. The maximum Gasteiger partial charge on any atom is 0.268 e. The molecule has 0 aliphatic carbocycles. The van der Waals surface area contributed by atoms with E-state index in [9.17, 15) is 4.79 Å². The van der Waals surface area contributed by atoms with Gasteiger partial charge in [-0.15, -0.1) is 11.3 Å². The summed E-state index contributed by atoms with van der Waals surface area (Å²) in [6.07, 6.45) is 6.51. The molecule has 92 valence electrons. The van der Waals surface area contributed by atoms with Gasteiger partial charge in [0.25, 0.3) is 5.56 Å². The van der Waals surface area contributed by atoms with Crippen LogP contribution in [0, 0.1) is 0 Å². The minimum absolute atomic E-state index is 0.184. The lowest BCUT2D eigenvalue weighted by Gasteiger charge is -2.08. The summed E-state index contributed by atoms with van der Waals surface area (Å²) in [4.78, 5) is 12.2. The molecule has 0 bridgehead atoms. The molecule has 0 saturated carbocycles. The third kappa shape index (κ3) is 2.44. The van der Waals surface area contributed by atoms with Gasteiger partial charge in [0.1, 0.15) is 0 Å². The molecule has 0 saturated heterocycles. The number of nitrogens with zero attached hydrogens (tertiary/aromatic N) is 1. The lowest BCUT2D eigenvalue weighted by atomic mass is 10.1. The van der Waals surface area contributed by atoms with Crippen molar-refractivity contribution in [2.24, 2.45) is 0 Å². The van der Waals surface area contributed by atoms with Crippen LogP contribution in [-0.2, 0) is 13.0 Å². The summed E-state index contributed by atoms with van der Waals surface area (Å²) in [5.74, 6) is 0. The van der Waals surface area contributed by atoms with Crippen molar-refractivity contribution in [1.82, 2.24) is 4.57 Å². The second-order valence-corrected chi connectivity index (χ2v) is 5.29. The Morgan fingerprint density at radius 3 is 2.82 bits per heavy atom. The minimum atomic E-state index is 0.184. The monoisotopic (exact) mass is 249 g/mol. The first-order valence-electron chi connectivity index (χ1n) is 6.37. The SMILES string of the molecule is CCCCCn1cc(CC)c2ccsc2c1=O. The fourth-order valence-corrected chi connectivity index (χ4v) is 3.04. The average molecular weight is 249 g/mol. The van der Waals surface area contributed by atoms with E-state index in [1.165, 1.54) is 18.4 Å². The highest BCUT2D eigenvalue weighted by Crippen LogP contribution is 2.21. The van der Waals surface area contributed by atoms with Crippen LogP contribution in [0.2, 0.25) is 0 Å². The topological polar surface area (TPSA) is 22.0 Å². The summed E-state index contributed by atoms with van der Waals surface area (Å²) in [5.41, 5.74) is 1.47. The minimum Gasteiger partial charge on any atom is -0.314 e. The molecule has 3 heteroatoms. The van der Waals surface area contributed by atoms with Crippen LogP contribution in [0.1, 0.15) is 38.7 Å². The van der Waals surface area contributed by atoms with E-state index in [1.807, 2.05) is 16.1 Å². The van der Waals surface area contributed by atoms with E-state index in [2.05, 4.69) is 19.9 Å². The second-order valence-electron chi connectivity index (χ2n) is 4.38. The van der Waals surface area contributed by atoms with E-state index in [0.717, 1.165) is 29.5 Å². The molecule has 0 amide bonds. The number of aryl methyl sites for hydroxylation is 2. The molecule has 0 spiro atoms. The zero-order valence-electron chi connectivity index (χ0n) is 10.5. The van der Waals surface area contributed by atoms with Crippen LogP contribution in [0.3, 0.4) is 0 Å². The number of fused-ring (bicyclic) bond motifs is 1. The Balaban J connectivity index is 2.41. The summed E-state index contributed by atoms with van der Waals surface area (Å²) in [6.45, 7) is 5.18. The lowest BCUT2D eigenvalue weighted by Crippen LogP contribution is -2.20. The van der Waals surface area contributed by atoms with E-state index in [-0.39, 0.29) is 5.56 Å². The first-order valence-corrected chi connectivity index (χ1v) is 7.25. The van der Waals surface area contributed by atoms with Crippen LogP contribution in [-0.4, -0.2) is 4.57 Å². The molecule has 2 aromatic heterocycles. The molecule has 0 atom stereocenters. The molecule has 0 aliphatic heterocycles. The maximum atomic E-state index is 12.2. The highest BCUT2D eigenvalue weighted by atomic mass is 32.1. The number of rotatable bonds is 5. The quantitative estimate of drug-likeness (QED) is 0.738. The van der Waals surface area contributed by atoms with E-state index >= 15 is 0 Å². The van der Waals surface area contributed by atoms with Crippen LogP contribution in [0.15, 0.2) is 22.4 Å². The Hall–Kier alpha value is -1.09. The van der Waals surface area contributed by atoms with Gasteiger partial charge < -0.3 is 4.57 Å². The van der Waals surface area contributed by atoms with Crippen molar-refractivity contribution in [3.05, 3.63) is 33.6 Å². The van der Waals surface area contributed by atoms with Crippen molar-refractivity contribution in [3.8, 4) is 0 Å². The molecule has 0 aliphatic rings. The molecule has 0 N–H and O–H groups in total. The molecule has 2 heterocycles. The molecule has 2 nitrogen and oxygen atoms in total. The van der Waals surface area contributed by atoms with Crippen molar-refractivity contribution in [1.29, 1.82) is 0 Å². The summed E-state index contributed by atoms with van der Waals surface area (Å²) in [5, 5.41) is 3.16. The number of hydrogen-bond donors (Lipinski definition) is 0. The first-order chi connectivity index (χ1) is 8.27. The standard InChI is InChI=1S/C14H19NOS/c1-3-5-6-8-15-10-11(4-2)12-7-9-17-13(12)14(15)16/h7,9-10H,3-6,8H2,1-2H3. The fourth-order valence-electron chi connectivity index (χ4n) is 2.15. The molecule has 0 aromatic carbocycles. The summed E-state index contributed by atoms with van der Waals surface area (Å²) in [6, 6.07) is 2.07. The largest absolute Gasteiger partial charge is 0.314 e. The van der Waals surface area contributed by atoms with Gasteiger partial charge in [-0.2, -0.15) is 0 Å². The van der Waals surface area contributed by atoms with Gasteiger partial charge in [0, 0.05) is 18.1 Å². The van der Waals surface area contributed by atoms with E-state index in [4.69, 9.17) is 0 Å². The summed E-state index contributed by atoms with van der Waals surface area (Å²) < 4.78 is 2.81. The Bertz CT molecular complexity index is 553. The molecular weight excluding hydrogens is 230 g/mol. The van der Waals surface area contributed by atoms with Crippen LogP contribution in [0.25, 0.3) is 10.1 Å². The molecule has 0 fully saturated rings. The smallest absolute Gasteiger partial charge is 0.268 e. The second kappa shape index (κ2) is 5.50. The number of hydrogen-bond acceptors (Lipinski definition) is 2. The highest BCUT2D eigenvalue weighted by molar-refractivity contribution is 7.17. The average Bonchev–Trinajstić information content (AvgIpc) is 2.82. The zero-order valence-corrected chi connectivity index (χ0v) is 11.3. The Labute approximate surface area is 106 Å². The molecule has 0 unspecified atom stereocenters. The van der Waals surface area contributed by atoms with Gasteiger partial charge in [0.15, 0.2) is 0 Å². The van der Waals surface area contributed by atoms with E-state index < -0.39 is 0 Å². The van der Waals surface area contributed by atoms with Gasteiger partial charge in [0.2, 0.25) is 0 Å². The molecule has 2 rings (SSSR count). The third-order valence-corrected chi connectivity index (χ3v) is 4.06. The lowest BCUT2D eigenvalue weighted by molar-refractivity contribution is 0.589. The predicted molar refractivity (Wildman–Crippen MR) is 75.0 cm³/mol. The van der Waals surface area contributed by atoms with Crippen LogP contribution >= 0.6 is 11.3 Å².